The van der Waals surface area contributed by atoms with Gasteiger partial charge in [-0.1, -0.05) is 0 Å². The van der Waals surface area contributed by atoms with Crippen LogP contribution >= 0.6 is 0 Å². The molecule has 2 rings (SSSR count). The average molecular weight is 303 g/mol. The van der Waals surface area contributed by atoms with Gasteiger partial charge in [-0.25, -0.2) is 4.52 Å². The topological polar surface area (TPSA) is 80.5 Å². The molecule has 0 bridgehead atoms. The van der Waals surface area contributed by atoms with Crippen LogP contribution in [0, 0.1) is 0 Å². The summed E-state index contributed by atoms with van der Waals surface area (Å²) in [6.45, 7) is 0.945. The van der Waals surface area contributed by atoms with Gasteiger partial charge in [0.05, 0.1) is 12.3 Å². The summed E-state index contributed by atoms with van der Waals surface area (Å²) in [5, 5.41) is 8.37. The number of alkyl halides is 3. The largest absolute Gasteiger partial charge is 0.471 e. The second kappa shape index (κ2) is 5.95. The maximum atomic E-state index is 12.2. The third-order valence-corrected chi connectivity index (χ3v) is 2.47. The Bertz CT molecular complexity index is 640. The molecule has 0 aliphatic rings. The average Bonchev–Trinajstić information content (AvgIpc) is 2.81. The molecule has 0 aliphatic heterocycles. The Labute approximate surface area is 117 Å². The maximum absolute atomic E-state index is 12.2. The number of nitrogens with one attached hydrogen (secondary N) is 2. The molecule has 114 valence electrons. The van der Waals surface area contributed by atoms with Crippen LogP contribution in [0.15, 0.2) is 18.3 Å². The molecule has 0 unspecified atom stereocenters. The summed E-state index contributed by atoms with van der Waals surface area (Å²) >= 11 is 0. The van der Waals surface area contributed by atoms with Gasteiger partial charge < -0.3 is 10.1 Å². The zero-order valence-electron chi connectivity index (χ0n) is 10.9. The molecule has 7 nitrogen and oxygen atoms in total. The molecule has 10 heteroatoms. The van der Waals surface area contributed by atoms with Gasteiger partial charge in [-0.3, -0.25) is 10.1 Å². The molecule has 1 amide bonds. The Morgan fingerprint density at radius 2 is 2.24 bits per heavy atom. The van der Waals surface area contributed by atoms with Crippen LogP contribution < -0.4 is 10.6 Å². The number of carbonyl (C=O) groups is 1. The van der Waals surface area contributed by atoms with Gasteiger partial charge >= 0.3 is 12.1 Å². The smallest absolute Gasteiger partial charge is 0.383 e. The van der Waals surface area contributed by atoms with Crippen LogP contribution in [0.3, 0.4) is 0 Å². The first-order chi connectivity index (χ1) is 9.91. The molecule has 0 saturated carbocycles. The summed E-state index contributed by atoms with van der Waals surface area (Å²) in [5.74, 6) is -2.54. The number of amides is 1. The molecule has 2 heterocycles. The lowest BCUT2D eigenvalue weighted by Crippen LogP contribution is -2.30. The van der Waals surface area contributed by atoms with E-state index in [1.54, 1.807) is 24.6 Å². The van der Waals surface area contributed by atoms with E-state index in [1.807, 2.05) is 0 Å². The molecular formula is C11H12F3N5O2. The standard InChI is InChI=1S/C11H12F3N5O2/c1-21-6-4-15-7-3-2-5-19-8(7)16-10(18-19)17-9(20)11(12,13)14/h2-3,5,15H,4,6H2,1H3,(H,17,18,20). The third kappa shape index (κ3) is 3.60. The molecule has 0 spiro atoms. The fourth-order valence-corrected chi connectivity index (χ4v) is 1.56. The van der Waals surface area contributed by atoms with Crippen molar-refractivity contribution in [1.82, 2.24) is 14.6 Å². The number of aromatic nitrogens is 3. The van der Waals surface area contributed by atoms with Gasteiger partial charge in [0, 0.05) is 19.9 Å². The predicted molar refractivity (Wildman–Crippen MR) is 68.0 cm³/mol. The number of fused-ring (bicyclic) bond motifs is 1. The van der Waals surface area contributed by atoms with E-state index in [0.29, 0.717) is 24.5 Å². The van der Waals surface area contributed by atoms with Crippen LogP contribution in [-0.4, -0.2) is 46.9 Å². The van der Waals surface area contributed by atoms with Crippen LogP contribution in [0.1, 0.15) is 0 Å². The second-order valence-corrected chi connectivity index (χ2v) is 4.00. The first-order valence-corrected chi connectivity index (χ1v) is 5.88. The predicted octanol–water partition coefficient (Wildman–Crippen LogP) is 1.29. The number of methoxy groups -OCH3 is 1. The van der Waals surface area contributed by atoms with Gasteiger partial charge in [-0.2, -0.15) is 18.2 Å². The molecule has 0 aliphatic carbocycles. The van der Waals surface area contributed by atoms with Crippen LogP contribution in [0.2, 0.25) is 0 Å². The summed E-state index contributed by atoms with van der Waals surface area (Å²) in [4.78, 5) is 14.7. The fraction of sp³-hybridized carbons (Fsp3) is 0.364. The number of ether oxygens (including phenoxy) is 1. The summed E-state index contributed by atoms with van der Waals surface area (Å²) < 4.78 is 42.7. The van der Waals surface area contributed by atoms with E-state index in [4.69, 9.17) is 4.74 Å². The van der Waals surface area contributed by atoms with Gasteiger partial charge in [-0.15, -0.1) is 5.10 Å². The van der Waals surface area contributed by atoms with E-state index in [2.05, 4.69) is 15.4 Å². The first kappa shape index (κ1) is 15.0. The number of carbonyl (C=O) groups excluding carboxylic acids is 1. The monoisotopic (exact) mass is 303 g/mol. The molecular weight excluding hydrogens is 291 g/mol. The number of pyridine rings is 1. The van der Waals surface area contributed by atoms with Gasteiger partial charge in [0.2, 0.25) is 5.95 Å². The highest BCUT2D eigenvalue weighted by Crippen LogP contribution is 2.19. The summed E-state index contributed by atoms with van der Waals surface area (Å²) in [6.07, 6.45) is -3.48. The quantitative estimate of drug-likeness (QED) is 0.814. The lowest BCUT2D eigenvalue weighted by molar-refractivity contribution is -0.167. The Morgan fingerprint density at radius 1 is 1.48 bits per heavy atom. The summed E-state index contributed by atoms with van der Waals surface area (Å²) in [7, 11) is 1.55. The van der Waals surface area contributed by atoms with Crippen LogP contribution in [0.25, 0.3) is 5.65 Å². The Kier molecular flexibility index (Phi) is 4.26. The van der Waals surface area contributed by atoms with Gasteiger partial charge in [0.1, 0.15) is 0 Å². The minimum atomic E-state index is -4.99. The number of hydrogen-bond donors (Lipinski definition) is 2. The van der Waals surface area contributed by atoms with E-state index < -0.39 is 18.0 Å². The number of halogens is 3. The Hall–Kier alpha value is -2.36. The van der Waals surface area contributed by atoms with Crippen LogP contribution in [0.4, 0.5) is 24.8 Å². The van der Waals surface area contributed by atoms with Gasteiger partial charge in [0.25, 0.3) is 0 Å². The first-order valence-electron chi connectivity index (χ1n) is 5.88. The van der Waals surface area contributed by atoms with Gasteiger partial charge in [-0.05, 0) is 12.1 Å². The minimum absolute atomic E-state index is 0.297. The highest BCUT2D eigenvalue weighted by atomic mass is 19.4. The van der Waals surface area contributed by atoms with Crippen LogP contribution in [-0.2, 0) is 9.53 Å². The highest BCUT2D eigenvalue weighted by Gasteiger charge is 2.39. The molecule has 0 fully saturated rings. The number of nitrogens with zero attached hydrogens (tertiary/aromatic N) is 3. The lowest BCUT2D eigenvalue weighted by atomic mass is 10.4. The van der Waals surface area contributed by atoms with E-state index in [1.165, 1.54) is 10.7 Å². The molecule has 0 radical (unpaired) electrons. The van der Waals surface area contributed by atoms with Crippen molar-refractivity contribution in [3.63, 3.8) is 0 Å². The highest BCUT2D eigenvalue weighted by molar-refractivity contribution is 5.93. The second-order valence-electron chi connectivity index (χ2n) is 4.00. The molecule has 0 saturated heterocycles. The van der Waals surface area contributed by atoms with Gasteiger partial charge in [0.15, 0.2) is 5.65 Å². The molecule has 0 aromatic carbocycles. The van der Waals surface area contributed by atoms with Crippen LogP contribution in [0.5, 0.6) is 0 Å². The van der Waals surface area contributed by atoms with Crippen molar-refractivity contribution >= 4 is 23.2 Å². The molecule has 2 aromatic heterocycles. The van der Waals surface area contributed by atoms with E-state index in [0.717, 1.165) is 0 Å². The van der Waals surface area contributed by atoms with E-state index in [9.17, 15) is 18.0 Å². The number of hydrogen-bond acceptors (Lipinski definition) is 5. The van der Waals surface area contributed by atoms with Crippen molar-refractivity contribution in [3.05, 3.63) is 18.3 Å². The molecule has 2 aromatic rings. The summed E-state index contributed by atoms with van der Waals surface area (Å²) in [5.41, 5.74) is 0.862. The number of rotatable bonds is 5. The van der Waals surface area contributed by atoms with Crippen molar-refractivity contribution in [2.45, 2.75) is 6.18 Å². The SMILES string of the molecule is COCCNc1cccn2nc(NC(=O)C(F)(F)F)nc12. The summed E-state index contributed by atoms with van der Waals surface area (Å²) in [6, 6.07) is 3.33. The Morgan fingerprint density at radius 3 is 2.90 bits per heavy atom. The number of anilines is 2. The zero-order valence-corrected chi connectivity index (χ0v) is 10.9. The molecule has 21 heavy (non-hydrogen) atoms. The third-order valence-electron chi connectivity index (χ3n) is 2.47. The van der Waals surface area contributed by atoms with Crippen molar-refractivity contribution in [3.8, 4) is 0 Å². The van der Waals surface area contributed by atoms with Crippen molar-refractivity contribution < 1.29 is 22.7 Å². The normalized spacial score (nSPS) is 11.6. The van der Waals surface area contributed by atoms with Crippen molar-refractivity contribution in [1.29, 1.82) is 0 Å². The van der Waals surface area contributed by atoms with E-state index >= 15 is 0 Å². The molecule has 2 N–H and O–H groups in total. The van der Waals surface area contributed by atoms with E-state index in [-0.39, 0.29) is 0 Å². The van der Waals surface area contributed by atoms with Crippen molar-refractivity contribution in [2.24, 2.45) is 0 Å². The maximum Gasteiger partial charge on any atom is 0.471 e. The van der Waals surface area contributed by atoms with Crippen molar-refractivity contribution in [2.75, 3.05) is 30.9 Å². The zero-order chi connectivity index (χ0) is 15.5. The minimum Gasteiger partial charge on any atom is -0.383 e. The molecule has 0 atom stereocenters. The lowest BCUT2D eigenvalue weighted by Gasteiger charge is -2.05. The fourth-order valence-electron chi connectivity index (χ4n) is 1.56. The Balaban J connectivity index is 2.21.